The Kier molecular flexibility index (Phi) is 6.43. The fourth-order valence-corrected chi connectivity index (χ4v) is 3.12. The van der Waals surface area contributed by atoms with Crippen molar-refractivity contribution in [1.82, 2.24) is 14.9 Å². The molecule has 0 amide bonds. The molecule has 0 N–H and O–H groups in total. The van der Waals surface area contributed by atoms with Crippen molar-refractivity contribution in [3.8, 4) is 28.1 Å². The van der Waals surface area contributed by atoms with Crippen LogP contribution in [0, 0.1) is 6.92 Å². The van der Waals surface area contributed by atoms with Gasteiger partial charge in [0.1, 0.15) is 5.75 Å². The molecule has 0 saturated carbocycles. The van der Waals surface area contributed by atoms with Crippen LogP contribution < -0.4 is 4.74 Å². The number of halogens is 1. The molecule has 1 aromatic carbocycles. The highest BCUT2D eigenvalue weighted by molar-refractivity contribution is 6.32. The zero-order chi connectivity index (χ0) is 19.2. The van der Waals surface area contributed by atoms with E-state index in [9.17, 15) is 0 Å². The fraction of sp³-hybridized carbons (Fsp3) is 0.273. The van der Waals surface area contributed by atoms with Gasteiger partial charge in [-0.3, -0.25) is 9.97 Å². The highest BCUT2D eigenvalue weighted by Crippen LogP contribution is 2.35. The van der Waals surface area contributed by atoms with Crippen LogP contribution in [0.3, 0.4) is 0 Å². The number of nitrogens with zero attached hydrogens (tertiary/aromatic N) is 3. The Bertz CT molecular complexity index is 912. The molecule has 3 aromatic rings. The Hall–Kier alpha value is -2.43. The Balaban J connectivity index is 1.91. The lowest BCUT2D eigenvalue weighted by molar-refractivity contribution is 0.282. The third-order valence-corrected chi connectivity index (χ3v) is 4.63. The molecule has 2 heterocycles. The summed E-state index contributed by atoms with van der Waals surface area (Å²) in [4.78, 5) is 11.2. The summed E-state index contributed by atoms with van der Waals surface area (Å²) in [6, 6.07) is 13.8. The largest absolute Gasteiger partial charge is 0.492 e. The highest BCUT2D eigenvalue weighted by Gasteiger charge is 2.13. The van der Waals surface area contributed by atoms with Crippen molar-refractivity contribution in [3.05, 3.63) is 65.6 Å². The topological polar surface area (TPSA) is 38.3 Å². The van der Waals surface area contributed by atoms with Gasteiger partial charge in [-0.25, -0.2) is 0 Å². The lowest BCUT2D eigenvalue weighted by Gasteiger charge is -2.14. The van der Waals surface area contributed by atoms with Gasteiger partial charge in [-0.15, -0.1) is 0 Å². The molecule has 0 unspecified atom stereocenters. The van der Waals surface area contributed by atoms with E-state index in [2.05, 4.69) is 41.1 Å². The van der Waals surface area contributed by atoms with Crippen molar-refractivity contribution in [2.24, 2.45) is 0 Å². The first-order valence-electron chi connectivity index (χ1n) is 9.00. The van der Waals surface area contributed by atoms with E-state index < -0.39 is 0 Å². The first kappa shape index (κ1) is 19.3. The van der Waals surface area contributed by atoms with Gasteiger partial charge in [0.25, 0.3) is 0 Å². The lowest BCUT2D eigenvalue weighted by Crippen LogP contribution is -2.15. The molecule has 0 atom stereocenters. The second-order valence-electron chi connectivity index (χ2n) is 6.69. The van der Waals surface area contributed by atoms with Gasteiger partial charge in [0, 0.05) is 41.3 Å². The number of aromatic nitrogens is 2. The summed E-state index contributed by atoms with van der Waals surface area (Å²) in [7, 11) is 4.10. The Morgan fingerprint density at radius 2 is 1.74 bits per heavy atom. The Labute approximate surface area is 165 Å². The molecule has 27 heavy (non-hydrogen) atoms. The third kappa shape index (κ3) is 4.85. The Morgan fingerprint density at radius 1 is 1.00 bits per heavy atom. The van der Waals surface area contributed by atoms with Crippen molar-refractivity contribution in [2.75, 3.05) is 27.2 Å². The zero-order valence-electron chi connectivity index (χ0n) is 15.9. The van der Waals surface area contributed by atoms with Gasteiger partial charge < -0.3 is 9.64 Å². The summed E-state index contributed by atoms with van der Waals surface area (Å²) in [6.45, 7) is 3.60. The van der Waals surface area contributed by atoms with E-state index in [1.165, 1.54) is 0 Å². The molecule has 140 valence electrons. The van der Waals surface area contributed by atoms with Gasteiger partial charge in [-0.05, 0) is 51.7 Å². The van der Waals surface area contributed by atoms with E-state index in [0.29, 0.717) is 17.4 Å². The average molecular weight is 382 g/mol. The van der Waals surface area contributed by atoms with Crippen LogP contribution >= 0.6 is 11.6 Å². The van der Waals surface area contributed by atoms with E-state index in [-0.39, 0.29) is 0 Å². The van der Waals surface area contributed by atoms with E-state index >= 15 is 0 Å². The van der Waals surface area contributed by atoms with Crippen LogP contribution in [0.25, 0.3) is 22.4 Å². The molecule has 0 spiro atoms. The Morgan fingerprint density at radius 3 is 2.48 bits per heavy atom. The maximum absolute atomic E-state index is 6.34. The van der Waals surface area contributed by atoms with Crippen LogP contribution in [0.1, 0.15) is 12.1 Å². The lowest BCUT2D eigenvalue weighted by atomic mass is 9.98. The van der Waals surface area contributed by atoms with Crippen molar-refractivity contribution >= 4 is 11.6 Å². The van der Waals surface area contributed by atoms with Crippen molar-refractivity contribution in [1.29, 1.82) is 0 Å². The molecule has 0 aliphatic rings. The molecule has 0 saturated heterocycles. The van der Waals surface area contributed by atoms with Crippen molar-refractivity contribution in [2.45, 2.75) is 13.3 Å². The first-order valence-corrected chi connectivity index (χ1v) is 9.38. The SMILES string of the molecule is Cc1ncccc1-c1cccnc1-c1ccc(Cl)c(OCCCN(C)C)c1. The predicted molar refractivity (Wildman–Crippen MR) is 111 cm³/mol. The predicted octanol–water partition coefficient (Wildman–Crippen LogP) is 5.10. The molecule has 0 radical (unpaired) electrons. The molecule has 0 aliphatic carbocycles. The molecule has 4 nitrogen and oxygen atoms in total. The molecule has 0 bridgehead atoms. The normalized spacial score (nSPS) is 11.0. The maximum atomic E-state index is 6.34. The minimum Gasteiger partial charge on any atom is -0.492 e. The van der Waals surface area contributed by atoms with Gasteiger partial charge >= 0.3 is 0 Å². The maximum Gasteiger partial charge on any atom is 0.138 e. The number of benzene rings is 1. The number of rotatable bonds is 7. The second-order valence-corrected chi connectivity index (χ2v) is 7.09. The van der Waals surface area contributed by atoms with Gasteiger partial charge in [0.15, 0.2) is 0 Å². The number of aryl methyl sites for hydroxylation is 1. The van der Waals surface area contributed by atoms with Crippen molar-refractivity contribution < 1.29 is 4.74 Å². The van der Waals surface area contributed by atoms with Crippen LogP contribution in [0.5, 0.6) is 5.75 Å². The van der Waals surface area contributed by atoms with Gasteiger partial charge in [-0.1, -0.05) is 29.8 Å². The monoisotopic (exact) mass is 381 g/mol. The molecule has 0 aliphatic heterocycles. The van der Waals surface area contributed by atoms with Crippen LogP contribution in [0.2, 0.25) is 5.02 Å². The number of hydrogen-bond acceptors (Lipinski definition) is 4. The van der Waals surface area contributed by atoms with Crippen LogP contribution in [0.15, 0.2) is 54.9 Å². The second kappa shape index (κ2) is 8.98. The van der Waals surface area contributed by atoms with E-state index in [1.807, 2.05) is 37.3 Å². The van der Waals surface area contributed by atoms with Gasteiger partial charge in [0.2, 0.25) is 0 Å². The number of hydrogen-bond donors (Lipinski definition) is 0. The summed E-state index contributed by atoms with van der Waals surface area (Å²) in [5.74, 6) is 0.687. The molecule has 5 heteroatoms. The molecule has 0 fully saturated rings. The standard InChI is InChI=1S/C22H24ClN3O/c1-16-18(7-4-11-24-16)19-8-5-12-25-22(19)17-9-10-20(23)21(15-17)27-14-6-13-26(2)3/h4-5,7-12,15H,6,13-14H2,1-3H3. The fourth-order valence-electron chi connectivity index (χ4n) is 2.95. The summed E-state index contributed by atoms with van der Waals surface area (Å²) in [5.41, 5.74) is 4.96. The highest BCUT2D eigenvalue weighted by atomic mass is 35.5. The van der Waals surface area contributed by atoms with E-state index in [0.717, 1.165) is 41.0 Å². The smallest absolute Gasteiger partial charge is 0.138 e. The van der Waals surface area contributed by atoms with Crippen LogP contribution in [-0.4, -0.2) is 42.1 Å². The molecular formula is C22H24ClN3O. The van der Waals surface area contributed by atoms with E-state index in [1.54, 1.807) is 12.4 Å². The zero-order valence-corrected chi connectivity index (χ0v) is 16.7. The quantitative estimate of drug-likeness (QED) is 0.533. The van der Waals surface area contributed by atoms with Crippen LogP contribution in [0.4, 0.5) is 0 Å². The molecule has 2 aromatic heterocycles. The third-order valence-electron chi connectivity index (χ3n) is 4.32. The van der Waals surface area contributed by atoms with Gasteiger partial charge in [0.05, 0.1) is 17.3 Å². The first-order chi connectivity index (χ1) is 13.1. The minimum absolute atomic E-state index is 0.610. The summed E-state index contributed by atoms with van der Waals surface area (Å²) in [6.07, 6.45) is 4.55. The minimum atomic E-state index is 0.610. The molecular weight excluding hydrogens is 358 g/mol. The summed E-state index contributed by atoms with van der Waals surface area (Å²) in [5, 5.41) is 0.610. The van der Waals surface area contributed by atoms with Crippen molar-refractivity contribution in [3.63, 3.8) is 0 Å². The number of ether oxygens (including phenoxy) is 1. The van der Waals surface area contributed by atoms with Crippen LogP contribution in [-0.2, 0) is 0 Å². The summed E-state index contributed by atoms with van der Waals surface area (Å²) < 4.78 is 5.92. The average Bonchev–Trinajstić information content (AvgIpc) is 2.67. The number of pyridine rings is 2. The van der Waals surface area contributed by atoms with E-state index in [4.69, 9.17) is 16.3 Å². The summed E-state index contributed by atoms with van der Waals surface area (Å²) >= 11 is 6.34. The molecule has 3 rings (SSSR count). The van der Waals surface area contributed by atoms with Gasteiger partial charge in [-0.2, -0.15) is 0 Å².